The fourth-order valence-electron chi connectivity index (χ4n) is 5.56. The van der Waals surface area contributed by atoms with Gasteiger partial charge in [-0.1, -0.05) is 168 Å². The first-order valence-corrected chi connectivity index (χ1v) is 18.5. The minimum absolute atomic E-state index is 0.0871. The lowest BCUT2D eigenvalue weighted by Crippen LogP contribution is -2.42. The highest BCUT2D eigenvalue weighted by Crippen LogP contribution is 2.14. The first-order valence-electron chi connectivity index (χ1n) is 18.5. The number of aliphatic imine (C=N–C) groups is 1. The molecule has 0 aliphatic carbocycles. The van der Waals surface area contributed by atoms with Crippen LogP contribution in [0.5, 0.6) is 0 Å². The minimum Gasteiger partial charge on any atom is -0.369 e. The zero-order valence-electron chi connectivity index (χ0n) is 28.7. The lowest BCUT2D eigenvalue weighted by Gasteiger charge is -2.23. The van der Waals surface area contributed by atoms with Gasteiger partial charge in [0.05, 0.1) is 5.84 Å². The second kappa shape index (κ2) is 31.4. The average molecular weight is 564 g/mol. The van der Waals surface area contributed by atoms with Gasteiger partial charge in [-0.3, -0.25) is 4.99 Å². The predicted octanol–water partition coefficient (Wildman–Crippen LogP) is 11.9. The molecule has 0 amide bonds. The Balaban J connectivity index is 3.67. The summed E-state index contributed by atoms with van der Waals surface area (Å²) in [5.74, 6) is 1.20. The van der Waals surface area contributed by atoms with Crippen molar-refractivity contribution in [3.8, 4) is 0 Å². The highest BCUT2D eigenvalue weighted by atomic mass is 15.0. The molecule has 0 fully saturated rings. The number of amidine groups is 1. The van der Waals surface area contributed by atoms with Crippen molar-refractivity contribution in [2.75, 3.05) is 19.6 Å². The van der Waals surface area contributed by atoms with Gasteiger partial charge in [0.25, 0.3) is 0 Å². The average Bonchev–Trinajstić information content (AvgIpc) is 2.92. The largest absolute Gasteiger partial charge is 0.369 e. The summed E-state index contributed by atoms with van der Waals surface area (Å²) in [5, 5.41) is 7.34. The molecule has 0 bridgehead atoms. The highest BCUT2D eigenvalue weighted by Gasteiger charge is 2.11. The maximum atomic E-state index is 4.97. The van der Waals surface area contributed by atoms with E-state index in [1.807, 2.05) is 0 Å². The number of nitrogens with zero attached hydrogens (tertiary/aromatic N) is 1. The van der Waals surface area contributed by atoms with Gasteiger partial charge in [0, 0.05) is 25.0 Å². The molecule has 0 unspecified atom stereocenters. The first kappa shape index (κ1) is 39.4. The summed E-state index contributed by atoms with van der Waals surface area (Å²) >= 11 is 0. The lowest BCUT2D eigenvalue weighted by molar-refractivity contribution is 0.501. The Labute approximate surface area is 254 Å². The van der Waals surface area contributed by atoms with Crippen molar-refractivity contribution in [1.82, 2.24) is 10.6 Å². The van der Waals surface area contributed by atoms with Crippen LogP contribution in [-0.4, -0.2) is 31.0 Å². The molecule has 3 nitrogen and oxygen atoms in total. The molecule has 40 heavy (non-hydrogen) atoms. The Kier molecular flexibility index (Phi) is 30.9. The molecule has 0 aromatic carbocycles. The molecule has 0 rings (SSSR count). The van der Waals surface area contributed by atoms with Crippen molar-refractivity contribution in [3.05, 3.63) is 0 Å². The summed E-state index contributed by atoms with van der Waals surface area (Å²) in [6.45, 7) is 14.5. The second-order valence-corrected chi connectivity index (χ2v) is 13.7. The van der Waals surface area contributed by atoms with Crippen molar-refractivity contribution in [2.24, 2.45) is 4.99 Å². The zero-order valence-corrected chi connectivity index (χ0v) is 28.7. The zero-order chi connectivity index (χ0) is 29.4. The van der Waals surface area contributed by atoms with E-state index in [2.05, 4.69) is 45.3 Å². The molecule has 0 aromatic heterocycles. The van der Waals surface area contributed by atoms with Crippen LogP contribution in [0.15, 0.2) is 4.99 Å². The molecule has 0 saturated heterocycles. The van der Waals surface area contributed by atoms with Gasteiger partial charge in [0.1, 0.15) is 0 Å². The highest BCUT2D eigenvalue weighted by molar-refractivity contribution is 5.83. The van der Waals surface area contributed by atoms with E-state index in [0.717, 1.165) is 26.1 Å². The Morgan fingerprint density at radius 2 is 0.800 bits per heavy atom. The summed E-state index contributed by atoms with van der Waals surface area (Å²) < 4.78 is 0. The maximum Gasteiger partial charge on any atom is 0.0979 e. The summed E-state index contributed by atoms with van der Waals surface area (Å²) in [7, 11) is 0. The maximum absolute atomic E-state index is 4.97. The molecule has 0 radical (unpaired) electrons. The van der Waals surface area contributed by atoms with Crippen molar-refractivity contribution in [3.63, 3.8) is 0 Å². The van der Waals surface area contributed by atoms with E-state index in [9.17, 15) is 0 Å². The fraction of sp³-hybridized carbons (Fsp3) is 0.973. The molecule has 0 saturated carbocycles. The van der Waals surface area contributed by atoms with Gasteiger partial charge >= 0.3 is 0 Å². The molecule has 240 valence electrons. The molecule has 2 N–H and O–H groups in total. The molecule has 0 aliphatic heterocycles. The van der Waals surface area contributed by atoms with Crippen LogP contribution in [-0.2, 0) is 0 Å². The molecule has 3 heteroatoms. The Morgan fingerprint density at radius 3 is 1.18 bits per heavy atom. The fourth-order valence-corrected chi connectivity index (χ4v) is 5.56. The third kappa shape index (κ3) is 33.6. The number of hydrogen-bond donors (Lipinski definition) is 2. The number of rotatable bonds is 31. The van der Waals surface area contributed by atoms with Crippen molar-refractivity contribution in [1.29, 1.82) is 0 Å². The van der Waals surface area contributed by atoms with Gasteiger partial charge in [0.2, 0.25) is 0 Å². The molecule has 0 aromatic rings. The van der Waals surface area contributed by atoms with E-state index in [1.165, 1.54) is 173 Å². The van der Waals surface area contributed by atoms with Crippen LogP contribution in [0.25, 0.3) is 0 Å². The second-order valence-electron chi connectivity index (χ2n) is 13.7. The van der Waals surface area contributed by atoms with Crippen LogP contribution >= 0.6 is 0 Å². The SMILES string of the molecule is CCCCCCCCCCCCCCCCN=C(CCNCCCCCCCCCCCCCC)NC(C)(C)C. The van der Waals surface area contributed by atoms with Crippen molar-refractivity contribution >= 4 is 5.84 Å². The molecule has 0 atom stereocenters. The molecular formula is C37H77N3. The van der Waals surface area contributed by atoms with Crippen LogP contribution in [0.4, 0.5) is 0 Å². The van der Waals surface area contributed by atoms with Gasteiger partial charge in [-0.05, 0) is 40.2 Å². The number of nitrogens with one attached hydrogen (secondary N) is 2. The monoisotopic (exact) mass is 564 g/mol. The van der Waals surface area contributed by atoms with Crippen LogP contribution < -0.4 is 10.6 Å². The van der Waals surface area contributed by atoms with E-state index in [-0.39, 0.29) is 5.54 Å². The normalized spacial score (nSPS) is 12.4. The van der Waals surface area contributed by atoms with E-state index >= 15 is 0 Å². The smallest absolute Gasteiger partial charge is 0.0979 e. The molecule has 0 heterocycles. The minimum atomic E-state index is 0.0871. The van der Waals surface area contributed by atoms with Crippen LogP contribution in [0.2, 0.25) is 0 Å². The van der Waals surface area contributed by atoms with Gasteiger partial charge in [0.15, 0.2) is 0 Å². The topological polar surface area (TPSA) is 36.4 Å². The third-order valence-corrected chi connectivity index (χ3v) is 8.08. The van der Waals surface area contributed by atoms with Gasteiger partial charge in [-0.15, -0.1) is 0 Å². The number of hydrogen-bond acceptors (Lipinski definition) is 2. The Bertz CT molecular complexity index is 508. The Hall–Kier alpha value is -0.570. The Morgan fingerprint density at radius 1 is 0.450 bits per heavy atom. The van der Waals surface area contributed by atoms with Crippen molar-refractivity contribution in [2.45, 2.75) is 214 Å². The summed E-state index contributed by atoms with van der Waals surface area (Å²) in [6.07, 6.45) is 37.8. The van der Waals surface area contributed by atoms with E-state index in [0.29, 0.717) is 0 Å². The first-order chi connectivity index (χ1) is 19.5. The third-order valence-electron chi connectivity index (χ3n) is 8.08. The summed E-state index contributed by atoms with van der Waals surface area (Å²) in [6, 6.07) is 0. The van der Waals surface area contributed by atoms with Gasteiger partial charge in [-0.25, -0.2) is 0 Å². The van der Waals surface area contributed by atoms with Crippen LogP contribution in [0.3, 0.4) is 0 Å². The van der Waals surface area contributed by atoms with Crippen LogP contribution in [0.1, 0.15) is 208 Å². The standard InChI is InChI=1S/C37H77N3/c1-6-8-10-12-14-16-18-20-21-23-25-27-29-31-34-39-36(40-37(3,4)5)32-35-38-33-30-28-26-24-22-19-17-15-13-11-9-7-2/h38H,6-35H2,1-5H3,(H,39,40). The van der Waals surface area contributed by atoms with E-state index in [1.54, 1.807) is 0 Å². The molecule has 0 aliphatic rings. The predicted molar refractivity (Wildman–Crippen MR) is 184 cm³/mol. The van der Waals surface area contributed by atoms with Gasteiger partial charge in [-0.2, -0.15) is 0 Å². The lowest BCUT2D eigenvalue weighted by atomic mass is 10.0. The van der Waals surface area contributed by atoms with E-state index < -0.39 is 0 Å². The van der Waals surface area contributed by atoms with E-state index in [4.69, 9.17) is 4.99 Å². The molecular weight excluding hydrogens is 486 g/mol. The summed E-state index contributed by atoms with van der Waals surface area (Å²) in [5.41, 5.74) is 0.0871. The number of unbranched alkanes of at least 4 members (excludes halogenated alkanes) is 24. The quantitative estimate of drug-likeness (QED) is 0.0500. The van der Waals surface area contributed by atoms with Gasteiger partial charge < -0.3 is 10.6 Å². The van der Waals surface area contributed by atoms with Crippen molar-refractivity contribution < 1.29 is 0 Å². The molecule has 0 spiro atoms. The van der Waals surface area contributed by atoms with Crippen LogP contribution in [0, 0.1) is 0 Å². The summed E-state index contributed by atoms with van der Waals surface area (Å²) in [4.78, 5) is 4.97.